The molecule has 0 heterocycles. The van der Waals surface area contributed by atoms with Crippen molar-refractivity contribution in [1.82, 2.24) is 0 Å². The van der Waals surface area contributed by atoms with Gasteiger partial charge in [-0.15, -0.1) is 0 Å². The first-order chi connectivity index (χ1) is 14.8. The van der Waals surface area contributed by atoms with Crippen molar-refractivity contribution in [1.29, 1.82) is 0 Å². The summed E-state index contributed by atoms with van der Waals surface area (Å²) in [6.45, 7) is 0. The van der Waals surface area contributed by atoms with Gasteiger partial charge in [-0.2, -0.15) is 0 Å². The van der Waals surface area contributed by atoms with Gasteiger partial charge in [0.15, 0.2) is 0 Å². The van der Waals surface area contributed by atoms with Gasteiger partial charge in [-0.05, 0) is 46.5 Å². The fourth-order valence-electron chi connectivity index (χ4n) is 3.77. The quantitative estimate of drug-likeness (QED) is 0.565. The van der Waals surface area contributed by atoms with Crippen LogP contribution in [0.25, 0.3) is 11.1 Å². The molecule has 2 atom stereocenters. The summed E-state index contributed by atoms with van der Waals surface area (Å²) in [4.78, 5) is 0. The normalized spacial score (nSPS) is 20.2. The number of benzene rings is 2. The molecule has 2 aliphatic rings. The summed E-state index contributed by atoms with van der Waals surface area (Å²) < 4.78 is 10.6. The van der Waals surface area contributed by atoms with Crippen molar-refractivity contribution in [2.45, 2.75) is 0 Å². The average Bonchev–Trinajstić information content (AvgIpc) is 3.20. The lowest BCUT2D eigenvalue weighted by Gasteiger charge is -2.17. The van der Waals surface area contributed by atoms with Crippen LogP contribution in [0.15, 0.2) is 109 Å². The monoisotopic (exact) mass is 394 g/mol. The number of hydrogen-bond donors (Lipinski definition) is 0. The Balaban J connectivity index is 1.64. The molecule has 2 aromatic carbocycles. The molecule has 2 nitrogen and oxygen atoms in total. The lowest BCUT2D eigenvalue weighted by Crippen LogP contribution is -2.06. The standard InChI is InChI=1S/C28H26O2/c1-29-27-15-11-21(12-16-27)23-7-3-5-9-25(19-23)26-10-6-4-8-24(20-26)22-13-17-28(30-2)18-14-22/h3-20,25-26H,1-2H3. The predicted octanol–water partition coefficient (Wildman–Crippen LogP) is 6.66. The Labute approximate surface area is 178 Å². The number of methoxy groups -OCH3 is 2. The SMILES string of the molecule is COc1ccc(C2=CC(C3C=CC=CC(c4ccc(OC)cc4)=C3)C=CC=C2)cc1. The molecule has 0 saturated heterocycles. The Bertz CT molecular complexity index is 957. The van der Waals surface area contributed by atoms with Crippen molar-refractivity contribution < 1.29 is 9.47 Å². The Morgan fingerprint density at radius 3 is 1.30 bits per heavy atom. The Morgan fingerprint density at radius 1 is 0.533 bits per heavy atom. The molecule has 4 rings (SSSR count). The number of allylic oxidation sites excluding steroid dienone is 12. The highest BCUT2D eigenvalue weighted by Crippen LogP contribution is 2.32. The minimum absolute atomic E-state index is 0.265. The molecular formula is C28H26O2. The molecule has 2 heteroatoms. The highest BCUT2D eigenvalue weighted by Gasteiger charge is 2.17. The molecule has 0 aromatic heterocycles. The first-order valence-corrected chi connectivity index (χ1v) is 10.2. The van der Waals surface area contributed by atoms with Crippen molar-refractivity contribution in [3.8, 4) is 11.5 Å². The molecular weight excluding hydrogens is 368 g/mol. The summed E-state index contributed by atoms with van der Waals surface area (Å²) in [7, 11) is 3.39. The maximum atomic E-state index is 5.30. The second-order valence-corrected chi connectivity index (χ2v) is 7.34. The van der Waals surface area contributed by atoms with Crippen LogP contribution in [0.3, 0.4) is 0 Å². The Hall–Kier alpha value is -3.52. The minimum atomic E-state index is 0.265. The molecule has 30 heavy (non-hydrogen) atoms. The molecule has 0 N–H and O–H groups in total. The second-order valence-electron chi connectivity index (χ2n) is 7.34. The zero-order valence-corrected chi connectivity index (χ0v) is 17.4. The van der Waals surface area contributed by atoms with Crippen LogP contribution in [-0.4, -0.2) is 14.2 Å². The number of ether oxygens (including phenoxy) is 2. The van der Waals surface area contributed by atoms with E-state index in [0.717, 1.165) is 11.5 Å². The van der Waals surface area contributed by atoms with Gasteiger partial charge in [-0.25, -0.2) is 0 Å². The fourth-order valence-corrected chi connectivity index (χ4v) is 3.77. The summed E-state index contributed by atoms with van der Waals surface area (Å²) in [5.74, 6) is 2.27. The van der Waals surface area contributed by atoms with Crippen LogP contribution < -0.4 is 9.47 Å². The van der Waals surface area contributed by atoms with Gasteiger partial charge >= 0.3 is 0 Å². The molecule has 0 fully saturated rings. The highest BCUT2D eigenvalue weighted by molar-refractivity contribution is 5.77. The van der Waals surface area contributed by atoms with Gasteiger partial charge in [-0.3, -0.25) is 0 Å². The van der Waals surface area contributed by atoms with E-state index < -0.39 is 0 Å². The lowest BCUT2D eigenvalue weighted by molar-refractivity contribution is 0.414. The van der Waals surface area contributed by atoms with E-state index in [9.17, 15) is 0 Å². The van der Waals surface area contributed by atoms with Crippen LogP contribution in [0.5, 0.6) is 11.5 Å². The van der Waals surface area contributed by atoms with E-state index in [-0.39, 0.29) is 11.8 Å². The van der Waals surface area contributed by atoms with E-state index in [0.29, 0.717) is 0 Å². The first kappa shape index (κ1) is 19.8. The predicted molar refractivity (Wildman–Crippen MR) is 125 cm³/mol. The average molecular weight is 395 g/mol. The van der Waals surface area contributed by atoms with Crippen molar-refractivity contribution in [3.05, 3.63) is 120 Å². The molecule has 2 aliphatic carbocycles. The van der Waals surface area contributed by atoms with E-state index >= 15 is 0 Å². The smallest absolute Gasteiger partial charge is 0.118 e. The van der Waals surface area contributed by atoms with Crippen molar-refractivity contribution in [2.24, 2.45) is 11.8 Å². The summed E-state index contributed by atoms with van der Waals surface area (Å²) in [5.41, 5.74) is 4.82. The topological polar surface area (TPSA) is 18.5 Å². The zero-order valence-electron chi connectivity index (χ0n) is 17.4. The number of rotatable bonds is 5. The molecule has 0 amide bonds. The summed E-state index contributed by atoms with van der Waals surface area (Å²) in [6, 6.07) is 16.5. The molecule has 2 unspecified atom stereocenters. The van der Waals surface area contributed by atoms with Gasteiger partial charge in [0.25, 0.3) is 0 Å². The van der Waals surface area contributed by atoms with Crippen molar-refractivity contribution >= 4 is 11.1 Å². The van der Waals surface area contributed by atoms with Crippen LogP contribution in [0, 0.1) is 11.8 Å². The van der Waals surface area contributed by atoms with Gasteiger partial charge in [0.2, 0.25) is 0 Å². The van der Waals surface area contributed by atoms with Crippen LogP contribution in [-0.2, 0) is 0 Å². The van der Waals surface area contributed by atoms with E-state index in [1.807, 2.05) is 24.3 Å². The minimum Gasteiger partial charge on any atom is -0.497 e. The molecule has 150 valence electrons. The molecule has 0 saturated carbocycles. The summed E-state index contributed by atoms with van der Waals surface area (Å²) in [6.07, 6.45) is 22.1. The van der Waals surface area contributed by atoms with Crippen molar-refractivity contribution in [2.75, 3.05) is 14.2 Å². The highest BCUT2D eigenvalue weighted by atomic mass is 16.5. The van der Waals surface area contributed by atoms with Crippen LogP contribution in [0.2, 0.25) is 0 Å². The van der Waals surface area contributed by atoms with Crippen molar-refractivity contribution in [3.63, 3.8) is 0 Å². The third-order valence-corrected chi connectivity index (χ3v) is 5.48. The van der Waals surface area contributed by atoms with Crippen LogP contribution in [0.4, 0.5) is 0 Å². The number of hydrogen-bond acceptors (Lipinski definition) is 2. The van der Waals surface area contributed by atoms with Gasteiger partial charge in [0.1, 0.15) is 11.5 Å². The van der Waals surface area contributed by atoms with Gasteiger partial charge < -0.3 is 9.47 Å². The second kappa shape index (κ2) is 9.32. The first-order valence-electron chi connectivity index (χ1n) is 10.2. The van der Waals surface area contributed by atoms with Gasteiger partial charge in [0.05, 0.1) is 14.2 Å². The molecule has 0 radical (unpaired) electrons. The third-order valence-electron chi connectivity index (χ3n) is 5.48. The molecule has 0 bridgehead atoms. The van der Waals surface area contributed by atoms with Gasteiger partial charge in [0, 0.05) is 11.8 Å². The maximum Gasteiger partial charge on any atom is 0.118 e. The molecule has 0 spiro atoms. The summed E-state index contributed by atoms with van der Waals surface area (Å²) >= 11 is 0. The van der Waals surface area contributed by atoms with Gasteiger partial charge in [-0.1, -0.05) is 85.0 Å². The zero-order chi connectivity index (χ0) is 20.8. The third kappa shape index (κ3) is 4.55. The maximum absolute atomic E-state index is 5.30. The molecule has 2 aromatic rings. The van der Waals surface area contributed by atoms with E-state index in [1.54, 1.807) is 14.2 Å². The van der Waals surface area contributed by atoms with E-state index in [2.05, 4.69) is 85.0 Å². The Morgan fingerprint density at radius 2 is 0.933 bits per heavy atom. The lowest BCUT2D eigenvalue weighted by atomic mass is 9.87. The summed E-state index contributed by atoms with van der Waals surface area (Å²) in [5, 5.41) is 0. The molecule has 0 aliphatic heterocycles. The van der Waals surface area contributed by atoms with E-state index in [4.69, 9.17) is 9.47 Å². The van der Waals surface area contributed by atoms with Crippen LogP contribution in [0.1, 0.15) is 11.1 Å². The Kier molecular flexibility index (Phi) is 6.14. The fraction of sp³-hybridized carbons (Fsp3) is 0.143. The largest absolute Gasteiger partial charge is 0.497 e. The van der Waals surface area contributed by atoms with E-state index in [1.165, 1.54) is 22.3 Å². The van der Waals surface area contributed by atoms with Crippen LogP contribution >= 0.6 is 0 Å².